The lowest BCUT2D eigenvalue weighted by Gasteiger charge is -2.38. The van der Waals surface area contributed by atoms with Crippen molar-refractivity contribution >= 4 is 5.91 Å². The first-order valence-electron chi connectivity index (χ1n) is 7.38. The van der Waals surface area contributed by atoms with Crippen LogP contribution in [-0.4, -0.2) is 11.4 Å². The molecule has 1 atom stereocenters. The van der Waals surface area contributed by atoms with Gasteiger partial charge in [-0.3, -0.25) is 4.79 Å². The standard InChI is InChI=1S/C17H26N2O/c1-16(2,17(3,4)18)15(20)19-14(13-10-11-13)12-8-6-5-7-9-12/h5-9,13-14H,10-11,18H2,1-4H3,(H,19,20). The monoisotopic (exact) mass is 274 g/mol. The molecule has 1 aromatic carbocycles. The molecule has 0 aliphatic heterocycles. The lowest BCUT2D eigenvalue weighted by molar-refractivity contribution is -0.133. The van der Waals surface area contributed by atoms with Crippen molar-refractivity contribution in [2.24, 2.45) is 17.1 Å². The summed E-state index contributed by atoms with van der Waals surface area (Å²) < 4.78 is 0. The Labute approximate surface area is 121 Å². The average molecular weight is 274 g/mol. The second kappa shape index (κ2) is 5.21. The predicted octanol–water partition coefficient (Wildman–Crippen LogP) is 3.02. The van der Waals surface area contributed by atoms with Crippen LogP contribution < -0.4 is 11.1 Å². The van der Waals surface area contributed by atoms with Gasteiger partial charge in [-0.1, -0.05) is 30.3 Å². The van der Waals surface area contributed by atoms with Crippen molar-refractivity contribution in [3.05, 3.63) is 35.9 Å². The summed E-state index contributed by atoms with van der Waals surface area (Å²) in [6.07, 6.45) is 2.37. The van der Waals surface area contributed by atoms with E-state index in [-0.39, 0.29) is 11.9 Å². The largest absolute Gasteiger partial charge is 0.348 e. The maximum Gasteiger partial charge on any atom is 0.227 e. The average Bonchev–Trinajstić information content (AvgIpc) is 3.19. The summed E-state index contributed by atoms with van der Waals surface area (Å²) >= 11 is 0. The van der Waals surface area contributed by atoms with Gasteiger partial charge in [0.2, 0.25) is 5.91 Å². The fourth-order valence-corrected chi connectivity index (χ4v) is 2.18. The molecule has 0 bridgehead atoms. The summed E-state index contributed by atoms with van der Waals surface area (Å²) in [6.45, 7) is 7.64. The molecule has 0 saturated heterocycles. The zero-order valence-electron chi connectivity index (χ0n) is 12.9. The Morgan fingerprint density at radius 3 is 2.20 bits per heavy atom. The van der Waals surface area contributed by atoms with Gasteiger partial charge in [0, 0.05) is 5.54 Å². The third-order valence-corrected chi connectivity index (χ3v) is 4.72. The number of hydrogen-bond donors (Lipinski definition) is 2. The van der Waals surface area contributed by atoms with Crippen LogP contribution in [0.4, 0.5) is 0 Å². The summed E-state index contributed by atoms with van der Waals surface area (Å²) in [7, 11) is 0. The lowest BCUT2D eigenvalue weighted by atomic mass is 9.74. The Morgan fingerprint density at radius 1 is 1.20 bits per heavy atom. The van der Waals surface area contributed by atoms with Crippen molar-refractivity contribution in [3.63, 3.8) is 0 Å². The van der Waals surface area contributed by atoms with Crippen molar-refractivity contribution in [1.82, 2.24) is 5.32 Å². The van der Waals surface area contributed by atoms with Gasteiger partial charge in [-0.05, 0) is 52.0 Å². The van der Waals surface area contributed by atoms with Gasteiger partial charge in [-0.15, -0.1) is 0 Å². The molecule has 0 aromatic heterocycles. The molecule has 3 N–H and O–H groups in total. The minimum atomic E-state index is -0.602. The quantitative estimate of drug-likeness (QED) is 0.867. The van der Waals surface area contributed by atoms with Crippen LogP contribution >= 0.6 is 0 Å². The van der Waals surface area contributed by atoms with E-state index >= 15 is 0 Å². The molecular formula is C17H26N2O. The van der Waals surface area contributed by atoms with Gasteiger partial charge in [0.1, 0.15) is 0 Å². The molecular weight excluding hydrogens is 248 g/mol. The van der Waals surface area contributed by atoms with Gasteiger partial charge in [0.25, 0.3) is 0 Å². The smallest absolute Gasteiger partial charge is 0.227 e. The van der Waals surface area contributed by atoms with Crippen LogP contribution in [0.3, 0.4) is 0 Å². The van der Waals surface area contributed by atoms with Crippen LogP contribution in [0.5, 0.6) is 0 Å². The Morgan fingerprint density at radius 2 is 1.75 bits per heavy atom. The summed E-state index contributed by atoms with van der Waals surface area (Å²) in [5.74, 6) is 0.601. The Hall–Kier alpha value is -1.35. The molecule has 110 valence electrons. The van der Waals surface area contributed by atoms with Crippen LogP contribution in [0, 0.1) is 11.3 Å². The molecule has 1 unspecified atom stereocenters. The number of benzene rings is 1. The fourth-order valence-electron chi connectivity index (χ4n) is 2.18. The number of nitrogens with one attached hydrogen (secondary N) is 1. The highest BCUT2D eigenvalue weighted by Gasteiger charge is 2.43. The second-order valence-electron chi connectivity index (χ2n) is 7.05. The summed E-state index contributed by atoms with van der Waals surface area (Å²) in [5.41, 5.74) is 6.19. The summed E-state index contributed by atoms with van der Waals surface area (Å²) in [4.78, 5) is 12.6. The molecule has 3 nitrogen and oxygen atoms in total. The van der Waals surface area contributed by atoms with Crippen molar-refractivity contribution < 1.29 is 4.79 Å². The highest BCUT2D eigenvalue weighted by molar-refractivity contribution is 5.83. The molecule has 1 aromatic rings. The van der Waals surface area contributed by atoms with Crippen LogP contribution in [0.15, 0.2) is 30.3 Å². The number of nitrogens with two attached hydrogens (primary N) is 1. The van der Waals surface area contributed by atoms with Crippen LogP contribution in [-0.2, 0) is 4.79 Å². The van der Waals surface area contributed by atoms with Gasteiger partial charge in [-0.2, -0.15) is 0 Å². The SMILES string of the molecule is CC(C)(N)C(C)(C)C(=O)NC(c1ccccc1)C1CC1. The number of hydrogen-bond acceptors (Lipinski definition) is 2. The van der Waals surface area contributed by atoms with Gasteiger partial charge in [0.15, 0.2) is 0 Å². The maximum atomic E-state index is 12.6. The first-order valence-corrected chi connectivity index (χ1v) is 7.38. The van der Waals surface area contributed by atoms with Crippen LogP contribution in [0.1, 0.15) is 52.1 Å². The molecule has 0 radical (unpaired) electrons. The minimum absolute atomic E-state index is 0.0331. The highest BCUT2D eigenvalue weighted by Crippen LogP contribution is 2.42. The van der Waals surface area contributed by atoms with E-state index in [0.717, 1.165) is 0 Å². The fraction of sp³-hybridized carbons (Fsp3) is 0.588. The molecule has 1 amide bonds. The molecule has 0 spiro atoms. The number of amides is 1. The van der Waals surface area contributed by atoms with Gasteiger partial charge >= 0.3 is 0 Å². The van der Waals surface area contributed by atoms with E-state index in [9.17, 15) is 4.79 Å². The summed E-state index contributed by atoms with van der Waals surface area (Å²) in [5, 5.41) is 3.22. The molecule has 3 heteroatoms. The van der Waals surface area contributed by atoms with Crippen molar-refractivity contribution in [2.75, 3.05) is 0 Å². The molecule has 2 rings (SSSR count). The number of carbonyl (C=O) groups excluding carboxylic acids is 1. The highest BCUT2D eigenvalue weighted by atomic mass is 16.2. The normalized spacial score (nSPS) is 17.6. The third kappa shape index (κ3) is 3.04. The van der Waals surface area contributed by atoms with Gasteiger partial charge < -0.3 is 11.1 Å². The molecule has 1 aliphatic rings. The number of rotatable bonds is 5. The predicted molar refractivity (Wildman–Crippen MR) is 82.1 cm³/mol. The maximum absolute atomic E-state index is 12.6. The van der Waals surface area contributed by atoms with Gasteiger partial charge in [0.05, 0.1) is 11.5 Å². The van der Waals surface area contributed by atoms with Crippen molar-refractivity contribution in [2.45, 2.75) is 52.1 Å². The summed E-state index contributed by atoms with van der Waals surface area (Å²) in [6, 6.07) is 10.3. The molecule has 1 fully saturated rings. The zero-order chi connectivity index (χ0) is 15.0. The Bertz CT molecular complexity index is 470. The van der Waals surface area contributed by atoms with Gasteiger partial charge in [-0.25, -0.2) is 0 Å². The van der Waals surface area contributed by atoms with Crippen molar-refractivity contribution in [3.8, 4) is 0 Å². The second-order valence-corrected chi connectivity index (χ2v) is 7.05. The van der Waals surface area contributed by atoms with E-state index in [4.69, 9.17) is 5.73 Å². The first kappa shape index (κ1) is 15.0. The molecule has 1 aliphatic carbocycles. The molecule has 0 heterocycles. The Kier molecular flexibility index (Phi) is 3.92. The topological polar surface area (TPSA) is 55.1 Å². The number of carbonyl (C=O) groups is 1. The molecule has 1 saturated carbocycles. The lowest BCUT2D eigenvalue weighted by Crippen LogP contribution is -2.56. The van der Waals surface area contributed by atoms with E-state index in [0.29, 0.717) is 5.92 Å². The molecule has 20 heavy (non-hydrogen) atoms. The minimum Gasteiger partial charge on any atom is -0.348 e. The van der Waals surface area contributed by atoms with E-state index in [1.807, 2.05) is 45.9 Å². The van der Waals surface area contributed by atoms with Crippen LogP contribution in [0.25, 0.3) is 0 Å². The first-order chi connectivity index (χ1) is 9.23. The van der Waals surface area contributed by atoms with Crippen LogP contribution in [0.2, 0.25) is 0 Å². The Balaban J connectivity index is 2.16. The van der Waals surface area contributed by atoms with E-state index in [2.05, 4.69) is 17.4 Å². The van der Waals surface area contributed by atoms with E-state index < -0.39 is 11.0 Å². The zero-order valence-corrected chi connectivity index (χ0v) is 12.9. The van der Waals surface area contributed by atoms with Crippen molar-refractivity contribution in [1.29, 1.82) is 0 Å². The van der Waals surface area contributed by atoms with E-state index in [1.165, 1.54) is 18.4 Å². The third-order valence-electron chi connectivity index (χ3n) is 4.72. The van der Waals surface area contributed by atoms with E-state index in [1.54, 1.807) is 0 Å².